The zero-order valence-corrected chi connectivity index (χ0v) is 7.88. The van der Waals surface area contributed by atoms with Gasteiger partial charge in [-0.25, -0.2) is 0 Å². The first-order valence-electron chi connectivity index (χ1n) is 3.93. The largest absolute Gasteiger partial charge is 0.784 e. The number of esters is 1. The third-order valence-corrected chi connectivity index (χ3v) is 2.11. The summed E-state index contributed by atoms with van der Waals surface area (Å²) in [6.45, 7) is 6.83. The second kappa shape index (κ2) is 2.44. The van der Waals surface area contributed by atoms with Crippen LogP contribution in [0.1, 0.15) is 27.7 Å². The van der Waals surface area contributed by atoms with Gasteiger partial charge < -0.3 is 15.0 Å². The maximum atomic E-state index is 11.6. The number of hydrogen-bond donors (Lipinski definition) is 0. The molecule has 0 atom stereocenters. The average Bonchev–Trinajstić information content (AvgIpc) is 1.96. The topological polar surface area (TPSA) is 52.6 Å². The lowest BCUT2D eigenvalue weighted by Crippen LogP contribution is -2.63. The maximum Gasteiger partial charge on any atom is 0.325 e. The predicted octanol–water partition coefficient (Wildman–Crippen LogP) is 0.900. The fourth-order valence-corrected chi connectivity index (χ4v) is 1.32. The van der Waals surface area contributed by atoms with Crippen molar-refractivity contribution in [3.05, 3.63) is 5.21 Å². The molecule has 0 amide bonds. The molecule has 0 saturated carbocycles. The average molecular weight is 172 g/mol. The number of carbonyl (C=O) groups is 1. The summed E-state index contributed by atoms with van der Waals surface area (Å²) in [5.74, 6) is -0.447. The summed E-state index contributed by atoms with van der Waals surface area (Å²) in [6, 6.07) is 0. The van der Waals surface area contributed by atoms with E-state index in [1.807, 2.05) is 0 Å². The molecule has 0 bridgehead atoms. The molecule has 0 aliphatic carbocycles. The third-order valence-electron chi connectivity index (χ3n) is 2.11. The van der Waals surface area contributed by atoms with Crippen molar-refractivity contribution in [1.29, 1.82) is 0 Å². The highest BCUT2D eigenvalue weighted by Crippen LogP contribution is 2.29. The number of cyclic esters (lactones) is 1. The molecule has 1 heterocycles. The lowest BCUT2D eigenvalue weighted by atomic mass is 9.94. The van der Waals surface area contributed by atoms with E-state index in [0.29, 0.717) is 0 Å². The van der Waals surface area contributed by atoms with E-state index >= 15 is 0 Å². The van der Waals surface area contributed by atoms with Gasteiger partial charge in [0.15, 0.2) is 0 Å². The molecule has 0 aromatic rings. The van der Waals surface area contributed by atoms with Crippen molar-refractivity contribution in [3.63, 3.8) is 0 Å². The van der Waals surface area contributed by atoms with Crippen LogP contribution in [-0.2, 0) is 9.53 Å². The van der Waals surface area contributed by atoms with Crippen LogP contribution < -0.4 is 0 Å². The Kier molecular flexibility index (Phi) is 1.92. The highest BCUT2D eigenvalue weighted by atomic mass is 16.6. The van der Waals surface area contributed by atoms with E-state index in [4.69, 9.17) is 4.74 Å². The van der Waals surface area contributed by atoms with Crippen molar-refractivity contribution >= 4 is 5.97 Å². The quantitative estimate of drug-likeness (QED) is 0.509. The normalized spacial score (nSPS) is 28.2. The second-order valence-corrected chi connectivity index (χ2v) is 4.24. The van der Waals surface area contributed by atoms with Crippen molar-refractivity contribution in [2.75, 3.05) is 6.61 Å². The molecular formula is C8H14NO3-. The first-order valence-corrected chi connectivity index (χ1v) is 3.93. The first-order chi connectivity index (χ1) is 5.28. The number of hydroxylamine groups is 2. The summed E-state index contributed by atoms with van der Waals surface area (Å²) in [6.07, 6.45) is 0. The minimum Gasteiger partial charge on any atom is -0.784 e. The summed E-state index contributed by atoms with van der Waals surface area (Å²) in [5.41, 5.74) is -1.67. The molecule has 1 fully saturated rings. The Labute approximate surface area is 72.1 Å². The number of morpholine rings is 1. The molecule has 0 unspecified atom stereocenters. The molecule has 4 heteroatoms. The Bertz CT molecular complexity index is 210. The summed E-state index contributed by atoms with van der Waals surface area (Å²) < 4.78 is 4.90. The van der Waals surface area contributed by atoms with Crippen LogP contribution in [0.25, 0.3) is 0 Å². The van der Waals surface area contributed by atoms with Gasteiger partial charge in [0, 0.05) is 5.54 Å². The molecule has 0 radical (unpaired) electrons. The highest BCUT2D eigenvalue weighted by Gasteiger charge is 2.43. The Balaban J connectivity index is 2.93. The summed E-state index contributed by atoms with van der Waals surface area (Å²) in [7, 11) is 0. The molecule has 1 aliphatic rings. The molecule has 0 N–H and O–H groups in total. The molecule has 1 rings (SSSR count). The van der Waals surface area contributed by atoms with Crippen LogP contribution in [0.5, 0.6) is 0 Å². The Hall–Kier alpha value is -0.610. The molecule has 70 valence electrons. The Morgan fingerprint density at radius 1 is 1.42 bits per heavy atom. The van der Waals surface area contributed by atoms with Crippen molar-refractivity contribution < 1.29 is 9.53 Å². The van der Waals surface area contributed by atoms with Crippen LogP contribution in [0.3, 0.4) is 0 Å². The molecule has 0 spiro atoms. The molecule has 1 aliphatic heterocycles. The van der Waals surface area contributed by atoms with E-state index in [9.17, 15) is 10.0 Å². The Morgan fingerprint density at radius 2 is 1.92 bits per heavy atom. The summed E-state index contributed by atoms with van der Waals surface area (Å²) in [4.78, 5) is 11.2. The number of rotatable bonds is 0. The van der Waals surface area contributed by atoms with Gasteiger partial charge in [-0.05, 0) is 27.7 Å². The van der Waals surface area contributed by atoms with Crippen molar-refractivity contribution in [1.82, 2.24) is 5.06 Å². The van der Waals surface area contributed by atoms with Crippen LogP contribution in [0.2, 0.25) is 0 Å². The molecule has 4 nitrogen and oxygen atoms in total. The minimum absolute atomic E-state index is 0.165. The second-order valence-electron chi connectivity index (χ2n) is 4.24. The fourth-order valence-electron chi connectivity index (χ4n) is 1.32. The van der Waals surface area contributed by atoms with Crippen LogP contribution in [-0.4, -0.2) is 28.7 Å². The van der Waals surface area contributed by atoms with Gasteiger partial charge in [0.25, 0.3) is 0 Å². The van der Waals surface area contributed by atoms with Crippen LogP contribution in [0.15, 0.2) is 0 Å². The minimum atomic E-state index is -1.05. The van der Waals surface area contributed by atoms with E-state index < -0.39 is 17.0 Å². The van der Waals surface area contributed by atoms with Crippen molar-refractivity contribution in [2.24, 2.45) is 0 Å². The highest BCUT2D eigenvalue weighted by molar-refractivity contribution is 5.80. The van der Waals surface area contributed by atoms with E-state index in [-0.39, 0.29) is 6.61 Å². The van der Waals surface area contributed by atoms with Crippen LogP contribution in [0.4, 0.5) is 0 Å². The van der Waals surface area contributed by atoms with E-state index in [2.05, 4.69) is 0 Å². The molecule has 0 aromatic heterocycles. The fraction of sp³-hybridized carbons (Fsp3) is 0.875. The van der Waals surface area contributed by atoms with Gasteiger partial charge in [0.2, 0.25) is 0 Å². The standard InChI is InChI=1S/C8H14NO3/c1-7(2)5-12-6(10)8(3,4)9(7)11/h5H2,1-4H3/q-1. The monoisotopic (exact) mass is 172 g/mol. The number of ether oxygens (including phenoxy) is 1. The van der Waals surface area contributed by atoms with Gasteiger partial charge in [-0.3, -0.25) is 4.79 Å². The zero-order valence-electron chi connectivity index (χ0n) is 7.88. The smallest absolute Gasteiger partial charge is 0.325 e. The van der Waals surface area contributed by atoms with Crippen LogP contribution in [0, 0.1) is 5.21 Å². The van der Waals surface area contributed by atoms with Crippen molar-refractivity contribution in [2.45, 2.75) is 38.8 Å². The number of carbonyl (C=O) groups excluding carboxylic acids is 1. The van der Waals surface area contributed by atoms with E-state index in [0.717, 1.165) is 5.06 Å². The SMILES string of the molecule is CC1(C)COC(=O)C(C)(C)N1[O-]. The summed E-state index contributed by atoms with van der Waals surface area (Å²) >= 11 is 0. The molecule has 1 saturated heterocycles. The predicted molar refractivity (Wildman–Crippen MR) is 44.3 cm³/mol. The van der Waals surface area contributed by atoms with E-state index in [1.165, 1.54) is 0 Å². The van der Waals surface area contributed by atoms with Gasteiger partial charge in [-0.15, -0.1) is 0 Å². The molecule has 12 heavy (non-hydrogen) atoms. The van der Waals surface area contributed by atoms with Crippen LogP contribution >= 0.6 is 0 Å². The molecule has 0 aromatic carbocycles. The van der Waals surface area contributed by atoms with Gasteiger partial charge in [0.1, 0.15) is 12.1 Å². The molecular weight excluding hydrogens is 158 g/mol. The maximum absolute atomic E-state index is 11.6. The zero-order chi connectivity index (χ0) is 9.57. The van der Waals surface area contributed by atoms with Gasteiger partial charge in [0.05, 0.1) is 0 Å². The summed E-state index contributed by atoms with van der Waals surface area (Å²) in [5, 5.41) is 12.4. The lowest BCUT2D eigenvalue weighted by molar-refractivity contribution is -0.174. The van der Waals surface area contributed by atoms with E-state index in [1.54, 1.807) is 27.7 Å². The van der Waals surface area contributed by atoms with Gasteiger partial charge >= 0.3 is 5.97 Å². The van der Waals surface area contributed by atoms with Gasteiger partial charge in [-0.1, -0.05) is 0 Å². The number of nitrogens with zero attached hydrogens (tertiary/aromatic N) is 1. The first kappa shape index (κ1) is 9.48. The third kappa shape index (κ3) is 1.21. The van der Waals surface area contributed by atoms with Crippen molar-refractivity contribution in [3.8, 4) is 0 Å². The van der Waals surface area contributed by atoms with Gasteiger partial charge in [-0.2, -0.15) is 0 Å². The number of hydrogen-bond acceptors (Lipinski definition) is 4. The Morgan fingerprint density at radius 3 is 2.33 bits per heavy atom. The lowest BCUT2D eigenvalue weighted by Gasteiger charge is -2.55.